The first kappa shape index (κ1) is 9.98. The number of hydrogen-bond acceptors (Lipinski definition) is 1. The molecule has 0 amide bonds. The van der Waals surface area contributed by atoms with Crippen molar-refractivity contribution in [2.45, 2.75) is 6.92 Å². The zero-order valence-corrected chi connectivity index (χ0v) is 8.74. The number of halogens is 2. The van der Waals surface area contributed by atoms with E-state index in [0.29, 0.717) is 8.96 Å². The summed E-state index contributed by atoms with van der Waals surface area (Å²) < 4.78 is 1.23. The van der Waals surface area contributed by atoms with Gasteiger partial charge in [0.25, 0.3) is 0 Å². The Kier molecular flexibility index (Phi) is 4.73. The fraction of sp³-hybridized carbons (Fsp3) is 0.143. The molecule has 0 bridgehead atoms. The molecule has 0 aromatic carbocycles. The van der Waals surface area contributed by atoms with Crippen LogP contribution in [-0.2, 0) is 0 Å². The topological polar surface area (TPSA) is 20.2 Å². The first-order valence-electron chi connectivity index (χ1n) is 2.66. The smallest absolute Gasteiger partial charge is 0.143 e. The highest BCUT2D eigenvalue weighted by atomic mass is 79.9. The van der Waals surface area contributed by atoms with Crippen LogP contribution in [-0.4, -0.2) is 5.11 Å². The molecular weight excluding hydrogens is 260 g/mol. The van der Waals surface area contributed by atoms with Crippen molar-refractivity contribution in [1.29, 1.82) is 0 Å². The Morgan fingerprint density at radius 1 is 1.50 bits per heavy atom. The highest BCUT2D eigenvalue weighted by Gasteiger charge is 2.00. The molecule has 1 N–H and O–H groups in total. The second kappa shape index (κ2) is 4.74. The summed E-state index contributed by atoms with van der Waals surface area (Å²) in [4.78, 5) is 0. The average molecular weight is 268 g/mol. The Hall–Kier alpha value is -0.0200. The van der Waals surface area contributed by atoms with E-state index in [4.69, 9.17) is 0 Å². The van der Waals surface area contributed by atoms with Crippen LogP contribution in [0.25, 0.3) is 0 Å². The molecule has 10 heavy (non-hydrogen) atoms. The zero-order valence-electron chi connectivity index (χ0n) is 5.56. The van der Waals surface area contributed by atoms with Crippen LogP contribution in [0.4, 0.5) is 0 Å². The summed E-state index contributed by atoms with van der Waals surface area (Å²) in [6.45, 7) is 5.31. The van der Waals surface area contributed by atoms with Crippen molar-refractivity contribution in [3.05, 3.63) is 33.5 Å². The second-order valence-corrected chi connectivity index (χ2v) is 3.25. The normalized spacial score (nSPS) is 14.5. The van der Waals surface area contributed by atoms with E-state index >= 15 is 0 Å². The second-order valence-electron chi connectivity index (χ2n) is 1.54. The molecule has 0 aliphatic rings. The molecule has 0 saturated heterocycles. The minimum absolute atomic E-state index is 0.164. The number of allylic oxidation sites excluding steroid dienone is 4. The van der Waals surface area contributed by atoms with Crippen LogP contribution in [0.2, 0.25) is 0 Å². The van der Waals surface area contributed by atoms with Gasteiger partial charge in [-0.1, -0.05) is 18.7 Å². The van der Waals surface area contributed by atoms with Gasteiger partial charge in [0.05, 0.1) is 8.96 Å². The third-order valence-electron chi connectivity index (χ3n) is 0.885. The van der Waals surface area contributed by atoms with Crippen molar-refractivity contribution in [1.82, 2.24) is 0 Å². The van der Waals surface area contributed by atoms with Gasteiger partial charge in [0, 0.05) is 0 Å². The number of hydrogen-bond donors (Lipinski definition) is 1. The molecule has 0 fully saturated rings. The lowest BCUT2D eigenvalue weighted by molar-refractivity contribution is 0.429. The molecule has 0 aromatic rings. The van der Waals surface area contributed by atoms with Crippen LogP contribution in [0.1, 0.15) is 6.92 Å². The molecule has 0 aliphatic heterocycles. The molecule has 0 saturated carbocycles. The van der Waals surface area contributed by atoms with Crippen LogP contribution in [0.15, 0.2) is 33.5 Å². The summed E-state index contributed by atoms with van der Waals surface area (Å²) >= 11 is 6.28. The van der Waals surface area contributed by atoms with E-state index in [1.54, 1.807) is 6.08 Å². The van der Waals surface area contributed by atoms with E-state index in [2.05, 4.69) is 38.4 Å². The number of aliphatic hydroxyl groups is 1. The van der Waals surface area contributed by atoms with E-state index in [-0.39, 0.29) is 5.76 Å². The Morgan fingerprint density at radius 2 is 2.00 bits per heavy atom. The highest BCUT2D eigenvalue weighted by molar-refractivity contribution is 9.12. The maximum atomic E-state index is 9.23. The van der Waals surface area contributed by atoms with Crippen LogP contribution in [0.5, 0.6) is 0 Å². The summed E-state index contributed by atoms with van der Waals surface area (Å²) in [6, 6.07) is 0. The molecule has 0 atom stereocenters. The van der Waals surface area contributed by atoms with E-state index in [1.807, 2.05) is 6.92 Å². The van der Waals surface area contributed by atoms with Gasteiger partial charge in [0.15, 0.2) is 0 Å². The predicted molar refractivity (Wildman–Crippen MR) is 51.5 cm³/mol. The molecule has 0 rings (SSSR count). The highest BCUT2D eigenvalue weighted by Crippen LogP contribution is 2.21. The SMILES string of the molecule is C=C/C(Br)=C(O)\C(Br)=C/C. The molecule has 0 heterocycles. The Bertz CT molecular complexity index is 192. The fourth-order valence-electron chi connectivity index (χ4n) is 0.347. The summed E-state index contributed by atoms with van der Waals surface area (Å²) in [7, 11) is 0. The Labute approximate surface area is 77.4 Å². The van der Waals surface area contributed by atoms with Gasteiger partial charge in [-0.15, -0.1) is 0 Å². The first-order valence-corrected chi connectivity index (χ1v) is 4.25. The lowest BCUT2D eigenvalue weighted by Crippen LogP contribution is -1.81. The van der Waals surface area contributed by atoms with Crippen molar-refractivity contribution in [3.8, 4) is 0 Å². The maximum Gasteiger partial charge on any atom is 0.143 e. The third-order valence-corrected chi connectivity index (χ3v) is 2.42. The average Bonchev–Trinajstić information content (AvgIpc) is 2.00. The molecule has 56 valence electrons. The van der Waals surface area contributed by atoms with E-state index in [0.717, 1.165) is 0 Å². The standard InChI is InChI=1S/C7H8Br2O/c1-3-5(8)7(10)6(9)4-2/h3-4,10H,1H2,2H3/b6-4+,7-5-. The van der Waals surface area contributed by atoms with Crippen LogP contribution >= 0.6 is 31.9 Å². The van der Waals surface area contributed by atoms with Gasteiger partial charge in [-0.05, 0) is 38.8 Å². The Balaban J connectivity index is 4.63. The lowest BCUT2D eigenvalue weighted by atomic mass is 10.4. The van der Waals surface area contributed by atoms with Crippen molar-refractivity contribution >= 4 is 31.9 Å². The van der Waals surface area contributed by atoms with Gasteiger partial charge < -0.3 is 5.11 Å². The summed E-state index contributed by atoms with van der Waals surface area (Å²) in [5.74, 6) is 0.164. The van der Waals surface area contributed by atoms with Crippen LogP contribution in [0.3, 0.4) is 0 Å². The monoisotopic (exact) mass is 266 g/mol. The molecule has 1 nitrogen and oxygen atoms in total. The summed E-state index contributed by atoms with van der Waals surface area (Å²) in [5, 5.41) is 9.23. The van der Waals surface area contributed by atoms with Crippen LogP contribution < -0.4 is 0 Å². The first-order chi connectivity index (χ1) is 4.63. The van der Waals surface area contributed by atoms with E-state index < -0.39 is 0 Å². The Morgan fingerprint density at radius 3 is 2.30 bits per heavy atom. The minimum Gasteiger partial charge on any atom is -0.506 e. The molecule has 0 unspecified atom stereocenters. The predicted octanol–water partition coefficient (Wildman–Crippen LogP) is 3.64. The summed E-state index contributed by atoms with van der Waals surface area (Å²) in [5.41, 5.74) is 0. The molecule has 0 aromatic heterocycles. The maximum absolute atomic E-state index is 9.23. The number of aliphatic hydroxyl groups excluding tert-OH is 1. The van der Waals surface area contributed by atoms with E-state index in [1.165, 1.54) is 6.08 Å². The third kappa shape index (κ3) is 2.71. The zero-order chi connectivity index (χ0) is 8.15. The van der Waals surface area contributed by atoms with Gasteiger partial charge in [0.1, 0.15) is 5.76 Å². The molecule has 0 aliphatic carbocycles. The largest absolute Gasteiger partial charge is 0.506 e. The van der Waals surface area contributed by atoms with Crippen molar-refractivity contribution in [2.24, 2.45) is 0 Å². The van der Waals surface area contributed by atoms with Crippen molar-refractivity contribution in [3.63, 3.8) is 0 Å². The van der Waals surface area contributed by atoms with Gasteiger partial charge in [0.2, 0.25) is 0 Å². The van der Waals surface area contributed by atoms with Crippen molar-refractivity contribution in [2.75, 3.05) is 0 Å². The van der Waals surface area contributed by atoms with Crippen molar-refractivity contribution < 1.29 is 5.11 Å². The minimum atomic E-state index is 0.164. The quantitative estimate of drug-likeness (QED) is 0.598. The van der Waals surface area contributed by atoms with Gasteiger partial charge in [-0.25, -0.2) is 0 Å². The van der Waals surface area contributed by atoms with Crippen LogP contribution in [0, 0.1) is 0 Å². The lowest BCUT2D eigenvalue weighted by Gasteiger charge is -1.97. The molecule has 0 radical (unpaired) electrons. The van der Waals surface area contributed by atoms with Gasteiger partial charge >= 0.3 is 0 Å². The molecular formula is C7H8Br2O. The molecule has 3 heteroatoms. The van der Waals surface area contributed by atoms with Gasteiger partial charge in [-0.3, -0.25) is 0 Å². The summed E-state index contributed by atoms with van der Waals surface area (Å²) in [6.07, 6.45) is 3.28. The fourth-order valence-corrected chi connectivity index (χ4v) is 1.04. The molecule has 0 spiro atoms. The van der Waals surface area contributed by atoms with E-state index in [9.17, 15) is 5.11 Å². The number of rotatable bonds is 2. The van der Waals surface area contributed by atoms with Gasteiger partial charge in [-0.2, -0.15) is 0 Å².